The fraction of sp³-hybridized carbons (Fsp3) is 0.273. The van der Waals surface area contributed by atoms with Crippen LogP contribution in [0.25, 0.3) is 11.4 Å². The molecular weight excluding hydrogens is 336 g/mol. The van der Waals surface area contributed by atoms with Crippen LogP contribution in [0.3, 0.4) is 0 Å². The highest BCUT2D eigenvalue weighted by atomic mass is 16.2. The monoisotopic (exact) mass is 358 g/mol. The summed E-state index contributed by atoms with van der Waals surface area (Å²) in [5.74, 6) is 0.632. The van der Waals surface area contributed by atoms with Gasteiger partial charge in [-0.15, -0.1) is 0 Å². The minimum absolute atomic E-state index is 0.00155. The summed E-state index contributed by atoms with van der Waals surface area (Å²) in [5.41, 5.74) is 2.62. The number of aromatic nitrogens is 3. The molecule has 1 saturated heterocycles. The zero-order valence-corrected chi connectivity index (χ0v) is 15.2. The molecule has 5 heteroatoms. The smallest absolute Gasteiger partial charge is 0.257 e. The van der Waals surface area contributed by atoms with Crippen molar-refractivity contribution in [3.63, 3.8) is 0 Å². The first-order valence-electron chi connectivity index (χ1n) is 9.41. The van der Waals surface area contributed by atoms with Gasteiger partial charge in [0.05, 0.1) is 11.6 Å². The molecule has 136 valence electrons. The number of benzene rings is 1. The molecule has 2 aromatic heterocycles. The van der Waals surface area contributed by atoms with Crippen molar-refractivity contribution in [1.29, 1.82) is 0 Å². The summed E-state index contributed by atoms with van der Waals surface area (Å²) in [6.45, 7) is 0.756. The number of pyridine rings is 1. The van der Waals surface area contributed by atoms with Crippen LogP contribution in [0.4, 0.5) is 0 Å². The van der Waals surface area contributed by atoms with E-state index in [4.69, 9.17) is 0 Å². The lowest BCUT2D eigenvalue weighted by atomic mass is 10.0. The van der Waals surface area contributed by atoms with E-state index in [-0.39, 0.29) is 11.9 Å². The molecule has 0 spiro atoms. The number of hydrogen-bond acceptors (Lipinski definition) is 4. The highest BCUT2D eigenvalue weighted by Crippen LogP contribution is 2.31. The van der Waals surface area contributed by atoms with Gasteiger partial charge in [-0.3, -0.25) is 9.78 Å². The summed E-state index contributed by atoms with van der Waals surface area (Å²) in [4.78, 5) is 28.1. The van der Waals surface area contributed by atoms with Crippen LogP contribution in [0.2, 0.25) is 0 Å². The van der Waals surface area contributed by atoms with Gasteiger partial charge in [0.25, 0.3) is 5.91 Å². The summed E-state index contributed by atoms with van der Waals surface area (Å²) >= 11 is 0. The lowest BCUT2D eigenvalue weighted by Gasteiger charge is -2.30. The van der Waals surface area contributed by atoms with Gasteiger partial charge < -0.3 is 4.90 Å². The van der Waals surface area contributed by atoms with Crippen LogP contribution in [-0.4, -0.2) is 32.3 Å². The van der Waals surface area contributed by atoms with Gasteiger partial charge >= 0.3 is 0 Å². The molecule has 5 nitrogen and oxygen atoms in total. The van der Waals surface area contributed by atoms with Crippen LogP contribution < -0.4 is 0 Å². The third-order valence-corrected chi connectivity index (χ3v) is 5.04. The summed E-state index contributed by atoms with van der Waals surface area (Å²) in [5, 5.41) is 0. The third-order valence-electron chi connectivity index (χ3n) is 5.04. The maximum atomic E-state index is 13.2. The van der Waals surface area contributed by atoms with Crippen molar-refractivity contribution in [2.24, 2.45) is 0 Å². The maximum absolute atomic E-state index is 13.2. The average Bonchev–Trinajstić information content (AvgIpc) is 3.01. The maximum Gasteiger partial charge on any atom is 0.257 e. The number of amides is 1. The van der Waals surface area contributed by atoms with Gasteiger partial charge in [-0.1, -0.05) is 43.2 Å². The lowest BCUT2D eigenvalue weighted by molar-refractivity contribution is 0.0680. The number of carbonyl (C=O) groups excluding carboxylic acids is 1. The molecule has 1 aliphatic heterocycles. The molecule has 0 saturated carbocycles. The van der Waals surface area contributed by atoms with Crippen molar-refractivity contribution in [3.8, 4) is 11.4 Å². The van der Waals surface area contributed by atoms with Crippen molar-refractivity contribution < 1.29 is 4.79 Å². The lowest BCUT2D eigenvalue weighted by Crippen LogP contribution is -2.35. The van der Waals surface area contributed by atoms with E-state index in [0.29, 0.717) is 11.4 Å². The third kappa shape index (κ3) is 3.87. The zero-order valence-electron chi connectivity index (χ0n) is 15.2. The van der Waals surface area contributed by atoms with Crippen LogP contribution in [0.15, 0.2) is 67.3 Å². The van der Waals surface area contributed by atoms with Crippen LogP contribution in [-0.2, 0) is 0 Å². The summed E-state index contributed by atoms with van der Waals surface area (Å²) in [7, 11) is 0. The van der Waals surface area contributed by atoms with Gasteiger partial charge in [0.1, 0.15) is 0 Å². The second-order valence-corrected chi connectivity index (χ2v) is 6.81. The van der Waals surface area contributed by atoms with Gasteiger partial charge in [0.15, 0.2) is 5.82 Å². The Hall–Kier alpha value is -3.08. The predicted molar refractivity (Wildman–Crippen MR) is 104 cm³/mol. The van der Waals surface area contributed by atoms with Gasteiger partial charge in [0.2, 0.25) is 0 Å². The van der Waals surface area contributed by atoms with E-state index in [0.717, 1.165) is 43.4 Å². The minimum Gasteiger partial charge on any atom is -0.332 e. The number of rotatable bonds is 3. The highest BCUT2D eigenvalue weighted by molar-refractivity contribution is 5.94. The molecular formula is C22H22N4O. The average molecular weight is 358 g/mol. The Kier molecular flexibility index (Phi) is 5.19. The topological polar surface area (TPSA) is 59.0 Å². The Balaban J connectivity index is 1.59. The van der Waals surface area contributed by atoms with Gasteiger partial charge in [-0.25, -0.2) is 9.97 Å². The Morgan fingerprint density at radius 1 is 0.926 bits per heavy atom. The number of carbonyl (C=O) groups is 1. The first kappa shape index (κ1) is 17.3. The molecule has 0 bridgehead atoms. The second kappa shape index (κ2) is 8.08. The van der Waals surface area contributed by atoms with Crippen LogP contribution in [0.1, 0.15) is 47.6 Å². The zero-order chi connectivity index (χ0) is 18.5. The molecule has 27 heavy (non-hydrogen) atoms. The summed E-state index contributed by atoms with van der Waals surface area (Å²) in [6.07, 6.45) is 11.1. The van der Waals surface area contributed by atoms with Crippen molar-refractivity contribution >= 4 is 5.91 Å². The second-order valence-electron chi connectivity index (χ2n) is 6.81. The molecule has 3 aromatic rings. The van der Waals surface area contributed by atoms with E-state index in [2.05, 4.69) is 15.0 Å². The van der Waals surface area contributed by atoms with Crippen LogP contribution in [0, 0.1) is 0 Å². The highest BCUT2D eigenvalue weighted by Gasteiger charge is 2.28. The predicted octanol–water partition coefficient (Wildman–Crippen LogP) is 4.30. The molecule has 1 unspecified atom stereocenters. The number of hydrogen-bond donors (Lipinski definition) is 0. The molecule has 0 N–H and O–H groups in total. The largest absolute Gasteiger partial charge is 0.332 e. The van der Waals surface area contributed by atoms with Crippen LogP contribution in [0.5, 0.6) is 0 Å². The molecule has 0 aliphatic carbocycles. The standard InChI is InChI=1S/C22H22N4O/c27-22(19-15-24-21(25-16-19)18-7-3-1-4-8-18)26-14-6-2-5-9-20(26)17-10-12-23-13-11-17/h1,3-4,7-8,10-13,15-16,20H,2,5-6,9,14H2. The van der Waals surface area contributed by atoms with E-state index in [1.54, 1.807) is 24.8 Å². The number of nitrogens with zero attached hydrogens (tertiary/aromatic N) is 4. The van der Waals surface area contributed by atoms with Crippen molar-refractivity contribution in [2.45, 2.75) is 31.7 Å². The quantitative estimate of drug-likeness (QED) is 0.700. The first-order valence-corrected chi connectivity index (χ1v) is 9.41. The first-order chi connectivity index (χ1) is 13.3. The molecule has 4 rings (SSSR count). The van der Waals surface area contributed by atoms with Gasteiger partial charge in [0, 0.05) is 36.9 Å². The van der Waals surface area contributed by atoms with E-state index in [1.807, 2.05) is 47.4 Å². The molecule has 0 radical (unpaired) electrons. The van der Waals surface area contributed by atoms with E-state index >= 15 is 0 Å². The van der Waals surface area contributed by atoms with E-state index < -0.39 is 0 Å². The molecule has 1 atom stereocenters. The Labute approximate surface area is 159 Å². The van der Waals surface area contributed by atoms with Crippen molar-refractivity contribution in [1.82, 2.24) is 19.9 Å². The van der Waals surface area contributed by atoms with Crippen molar-refractivity contribution in [3.05, 3.63) is 78.4 Å². The van der Waals surface area contributed by atoms with E-state index in [9.17, 15) is 4.79 Å². The molecule has 1 fully saturated rings. The Morgan fingerprint density at radius 3 is 2.41 bits per heavy atom. The normalized spacial score (nSPS) is 17.3. The minimum atomic E-state index is -0.00155. The molecule has 1 aliphatic rings. The van der Waals surface area contributed by atoms with Gasteiger partial charge in [-0.2, -0.15) is 0 Å². The summed E-state index contributed by atoms with van der Waals surface area (Å²) < 4.78 is 0. The SMILES string of the molecule is O=C(c1cnc(-c2ccccc2)nc1)N1CCCCCC1c1ccncc1. The fourth-order valence-electron chi connectivity index (χ4n) is 3.62. The van der Waals surface area contributed by atoms with Crippen molar-refractivity contribution in [2.75, 3.05) is 6.54 Å². The fourth-order valence-corrected chi connectivity index (χ4v) is 3.62. The number of likely N-dealkylation sites (tertiary alicyclic amines) is 1. The van der Waals surface area contributed by atoms with Gasteiger partial charge in [-0.05, 0) is 30.5 Å². The molecule has 1 amide bonds. The Bertz CT molecular complexity index is 881. The summed E-state index contributed by atoms with van der Waals surface area (Å²) in [6, 6.07) is 13.9. The molecule has 1 aromatic carbocycles. The molecule has 3 heterocycles. The van der Waals surface area contributed by atoms with E-state index in [1.165, 1.54) is 0 Å². The van der Waals surface area contributed by atoms with Crippen LogP contribution >= 0.6 is 0 Å². The Morgan fingerprint density at radius 2 is 1.67 bits per heavy atom.